The molecule has 0 saturated carbocycles. The third-order valence-electron chi connectivity index (χ3n) is 5.73. The summed E-state index contributed by atoms with van der Waals surface area (Å²) in [4.78, 5) is 10.9. The number of benzene rings is 2. The summed E-state index contributed by atoms with van der Waals surface area (Å²) in [5.74, 6) is 1.63. The van der Waals surface area contributed by atoms with Gasteiger partial charge in [0.15, 0.2) is 5.82 Å². The molecule has 174 valence electrons. The molecule has 2 heterocycles. The summed E-state index contributed by atoms with van der Waals surface area (Å²) in [5, 5.41) is 23.2. The minimum absolute atomic E-state index is 0.184. The number of fused-ring (bicyclic) bond motifs is 1. The zero-order valence-corrected chi connectivity index (χ0v) is 19.4. The number of aromatic nitrogens is 3. The molecule has 1 aliphatic heterocycles. The molecular weight excluding hydrogens is 444 g/mol. The monoisotopic (exact) mass is 470 g/mol. The van der Waals surface area contributed by atoms with Crippen molar-refractivity contribution < 1.29 is 13.3 Å². The van der Waals surface area contributed by atoms with Gasteiger partial charge in [-0.1, -0.05) is 24.1 Å². The molecule has 2 aromatic carbocycles. The summed E-state index contributed by atoms with van der Waals surface area (Å²) in [6, 6.07) is 9.16. The Bertz CT molecular complexity index is 1300. The summed E-state index contributed by atoms with van der Waals surface area (Å²) >= 11 is 0. The van der Waals surface area contributed by atoms with Gasteiger partial charge in [-0.3, -0.25) is 14.8 Å². The number of hydrogen-bond donors (Lipinski definition) is 2. The van der Waals surface area contributed by atoms with Crippen LogP contribution in [0.25, 0.3) is 0 Å². The first-order valence-electron chi connectivity index (χ1n) is 10.8. The second kappa shape index (κ2) is 9.18. The van der Waals surface area contributed by atoms with Gasteiger partial charge in [-0.05, 0) is 50.5 Å². The van der Waals surface area contributed by atoms with Gasteiger partial charge in [0.25, 0.3) is 15.7 Å². The highest BCUT2D eigenvalue weighted by atomic mass is 32.2. The lowest BCUT2D eigenvalue weighted by Gasteiger charge is -2.13. The molecule has 0 aliphatic carbocycles. The van der Waals surface area contributed by atoms with Crippen molar-refractivity contribution in [1.29, 1.82) is 0 Å². The molecule has 1 aliphatic rings. The Morgan fingerprint density at radius 2 is 1.85 bits per heavy atom. The van der Waals surface area contributed by atoms with Crippen LogP contribution < -0.4 is 10.0 Å². The van der Waals surface area contributed by atoms with Crippen LogP contribution in [-0.4, -0.2) is 28.1 Å². The van der Waals surface area contributed by atoms with Gasteiger partial charge in [0.1, 0.15) is 11.5 Å². The van der Waals surface area contributed by atoms with Crippen molar-refractivity contribution in [2.24, 2.45) is 0 Å². The Labute approximate surface area is 192 Å². The van der Waals surface area contributed by atoms with Crippen molar-refractivity contribution in [3.63, 3.8) is 0 Å². The molecule has 11 heteroatoms. The van der Waals surface area contributed by atoms with Gasteiger partial charge in [-0.2, -0.15) is 0 Å². The van der Waals surface area contributed by atoms with E-state index in [1.54, 1.807) is 19.1 Å². The number of nitro benzene ring substituents is 1. The number of rotatable bonds is 7. The molecule has 10 nitrogen and oxygen atoms in total. The van der Waals surface area contributed by atoms with E-state index in [2.05, 4.69) is 24.8 Å². The first kappa shape index (κ1) is 22.7. The van der Waals surface area contributed by atoms with Crippen LogP contribution in [0.3, 0.4) is 0 Å². The highest BCUT2D eigenvalue weighted by molar-refractivity contribution is 7.92. The van der Waals surface area contributed by atoms with Crippen LogP contribution in [0.4, 0.5) is 17.1 Å². The van der Waals surface area contributed by atoms with Crippen molar-refractivity contribution in [3.8, 4) is 0 Å². The first-order valence-corrected chi connectivity index (χ1v) is 12.3. The molecule has 0 spiro atoms. The molecule has 0 unspecified atom stereocenters. The van der Waals surface area contributed by atoms with Crippen molar-refractivity contribution in [2.75, 3.05) is 10.0 Å². The number of aryl methyl sites for hydroxylation is 3. The molecule has 0 radical (unpaired) electrons. The van der Waals surface area contributed by atoms with Gasteiger partial charge in [-0.15, -0.1) is 10.2 Å². The number of nitrogens with zero attached hydrogens (tertiary/aromatic N) is 4. The second-order valence-corrected chi connectivity index (χ2v) is 9.89. The Hall–Kier alpha value is -3.47. The molecule has 3 aromatic rings. The minimum atomic E-state index is -4.00. The Morgan fingerprint density at radius 1 is 1.06 bits per heavy atom. The maximum Gasteiger partial charge on any atom is 0.293 e. The van der Waals surface area contributed by atoms with Gasteiger partial charge in [0.05, 0.1) is 22.1 Å². The average molecular weight is 471 g/mol. The van der Waals surface area contributed by atoms with E-state index in [9.17, 15) is 18.5 Å². The predicted molar refractivity (Wildman–Crippen MR) is 125 cm³/mol. The minimum Gasteiger partial charge on any atom is -0.372 e. The summed E-state index contributed by atoms with van der Waals surface area (Å²) in [5.41, 5.74) is 2.09. The smallest absolute Gasteiger partial charge is 0.293 e. The molecule has 0 atom stereocenters. The first-order chi connectivity index (χ1) is 15.7. The zero-order valence-electron chi connectivity index (χ0n) is 18.5. The summed E-state index contributed by atoms with van der Waals surface area (Å²) < 4.78 is 30.3. The van der Waals surface area contributed by atoms with Crippen LogP contribution in [-0.2, 0) is 29.5 Å². The van der Waals surface area contributed by atoms with E-state index in [1.165, 1.54) is 12.1 Å². The lowest BCUT2D eigenvalue weighted by atomic mass is 10.1. The Morgan fingerprint density at radius 3 is 2.61 bits per heavy atom. The molecule has 0 bridgehead atoms. The van der Waals surface area contributed by atoms with E-state index >= 15 is 0 Å². The van der Waals surface area contributed by atoms with E-state index in [0.29, 0.717) is 11.5 Å². The maximum atomic E-state index is 12.9. The predicted octanol–water partition coefficient (Wildman–Crippen LogP) is 3.94. The number of hydrogen-bond acceptors (Lipinski definition) is 7. The fourth-order valence-electron chi connectivity index (χ4n) is 3.96. The number of sulfonamides is 1. The molecule has 4 rings (SSSR count). The van der Waals surface area contributed by atoms with Crippen molar-refractivity contribution in [2.45, 2.75) is 57.5 Å². The van der Waals surface area contributed by atoms with Gasteiger partial charge in [0.2, 0.25) is 0 Å². The quantitative estimate of drug-likeness (QED) is 0.395. The van der Waals surface area contributed by atoms with E-state index < -0.39 is 14.9 Å². The van der Waals surface area contributed by atoms with Crippen molar-refractivity contribution in [3.05, 3.63) is 69.3 Å². The van der Waals surface area contributed by atoms with Crippen LogP contribution in [0.2, 0.25) is 0 Å². The molecule has 1 aromatic heterocycles. The molecular formula is C22H26N6O4S. The van der Waals surface area contributed by atoms with Crippen LogP contribution in [0, 0.1) is 24.0 Å². The van der Waals surface area contributed by atoms with E-state index in [1.807, 2.05) is 13.0 Å². The highest BCUT2D eigenvalue weighted by Gasteiger charge is 2.23. The summed E-state index contributed by atoms with van der Waals surface area (Å²) in [7, 11) is -4.00. The fourth-order valence-corrected chi connectivity index (χ4v) is 5.11. The molecule has 0 saturated heterocycles. The van der Waals surface area contributed by atoms with Gasteiger partial charge < -0.3 is 9.88 Å². The van der Waals surface area contributed by atoms with Crippen molar-refractivity contribution >= 4 is 27.1 Å². The van der Waals surface area contributed by atoms with E-state index in [4.69, 9.17) is 0 Å². The van der Waals surface area contributed by atoms with Gasteiger partial charge >= 0.3 is 0 Å². The fraction of sp³-hybridized carbons (Fsp3) is 0.364. The lowest BCUT2D eigenvalue weighted by molar-refractivity contribution is -0.384. The van der Waals surface area contributed by atoms with Crippen LogP contribution >= 0.6 is 0 Å². The van der Waals surface area contributed by atoms with Crippen LogP contribution in [0.5, 0.6) is 0 Å². The Kier molecular flexibility index (Phi) is 6.32. The largest absolute Gasteiger partial charge is 0.372 e. The molecule has 0 fully saturated rings. The second-order valence-electron chi connectivity index (χ2n) is 8.21. The van der Waals surface area contributed by atoms with Gasteiger partial charge in [-0.25, -0.2) is 8.42 Å². The van der Waals surface area contributed by atoms with E-state index in [0.717, 1.165) is 55.2 Å². The average Bonchev–Trinajstić information content (AvgIpc) is 2.99. The maximum absolute atomic E-state index is 12.9. The van der Waals surface area contributed by atoms with Crippen molar-refractivity contribution in [1.82, 2.24) is 14.8 Å². The highest BCUT2D eigenvalue weighted by Crippen LogP contribution is 2.30. The molecule has 2 N–H and O–H groups in total. The third kappa shape index (κ3) is 4.98. The van der Waals surface area contributed by atoms with Gasteiger partial charge in [0, 0.05) is 19.0 Å². The standard InChI is InChI=1S/C22H26N6O4S/c1-15-7-9-18(16(2)12-15)26-33(31,32)17-8-10-19(20(13-17)28(29)30)23-14-22-25-24-21-6-4-3-5-11-27(21)22/h7-10,12-13,23,26H,3-6,11,14H2,1-2H3. The van der Waals surface area contributed by atoms with Crippen LogP contribution in [0.1, 0.15) is 42.0 Å². The lowest BCUT2D eigenvalue weighted by Crippen LogP contribution is -2.15. The number of nitrogens with one attached hydrogen (secondary N) is 2. The normalized spacial score (nSPS) is 13.8. The van der Waals surface area contributed by atoms with Crippen LogP contribution in [0.15, 0.2) is 41.3 Å². The van der Waals surface area contributed by atoms with E-state index in [-0.39, 0.29) is 22.8 Å². The summed E-state index contributed by atoms with van der Waals surface area (Å²) in [6.45, 7) is 4.78. The SMILES string of the molecule is Cc1ccc(NS(=O)(=O)c2ccc(NCc3nnc4n3CCCCC4)c([N+](=O)[O-])c2)c(C)c1. The number of nitro groups is 1. The summed E-state index contributed by atoms with van der Waals surface area (Å²) in [6.07, 6.45) is 4.11. The molecule has 0 amide bonds. The topological polar surface area (TPSA) is 132 Å². The third-order valence-corrected chi connectivity index (χ3v) is 7.09. The molecule has 33 heavy (non-hydrogen) atoms. The zero-order chi connectivity index (χ0) is 23.6. The number of anilines is 2. The Balaban J connectivity index is 1.56.